The van der Waals surface area contributed by atoms with Crippen LogP contribution >= 0.6 is 12.4 Å². The zero-order valence-electron chi connectivity index (χ0n) is 14.4. The number of amides is 2. The lowest BCUT2D eigenvalue weighted by Crippen LogP contribution is -2.46. The molecule has 10 heteroatoms. The third kappa shape index (κ3) is 11.6. The molecule has 0 aliphatic heterocycles. The lowest BCUT2D eigenvalue weighted by molar-refractivity contribution is -0.0977. The molecular weight excluding hydrogens is 328 g/mol. The maximum Gasteiger partial charge on any atom is 0.442 e. The number of halogens is 1. The average Bonchev–Trinajstić information content (AvgIpc) is 2.23. The monoisotopic (exact) mass is 354 g/mol. The summed E-state index contributed by atoms with van der Waals surface area (Å²) < 4.78 is 10.1. The number of carbonyl (C=O) groups is 2. The molecule has 0 aromatic heterocycles. The molecule has 0 fully saturated rings. The van der Waals surface area contributed by atoms with Gasteiger partial charge in [-0.2, -0.15) is 0 Å². The number of hydroxylamine groups is 2. The molecule has 136 valence electrons. The Morgan fingerprint density at radius 2 is 1.52 bits per heavy atom. The van der Waals surface area contributed by atoms with Crippen molar-refractivity contribution in [1.82, 2.24) is 5.06 Å². The van der Waals surface area contributed by atoms with Crippen molar-refractivity contribution >= 4 is 30.6 Å². The molecule has 4 N–H and O–H groups in total. The molecule has 0 aliphatic rings. The summed E-state index contributed by atoms with van der Waals surface area (Å²) in [5.41, 5.74) is 9.41. The van der Waals surface area contributed by atoms with Gasteiger partial charge in [-0.25, -0.2) is 9.59 Å². The molecule has 2 amide bonds. The summed E-state index contributed by atoms with van der Waals surface area (Å²) in [6.07, 6.45) is -1.86. The molecule has 9 nitrogen and oxygen atoms in total. The van der Waals surface area contributed by atoms with E-state index in [4.69, 9.17) is 25.8 Å². The number of carbonyl (C=O) groups excluding carboxylic acids is 2. The van der Waals surface area contributed by atoms with Gasteiger partial charge in [0.1, 0.15) is 11.2 Å². The number of ether oxygens (including phenoxy) is 2. The summed E-state index contributed by atoms with van der Waals surface area (Å²) in [5.74, 6) is -0.503. The summed E-state index contributed by atoms with van der Waals surface area (Å²) >= 11 is 0. The van der Waals surface area contributed by atoms with E-state index < -0.39 is 29.3 Å². The molecule has 0 heterocycles. The van der Waals surface area contributed by atoms with Crippen molar-refractivity contribution in [3.63, 3.8) is 0 Å². The molecular formula is C13H27ClN4O5. The number of aliphatic imine (C=N–C) groups is 1. The van der Waals surface area contributed by atoms with Crippen LogP contribution in [0.1, 0.15) is 41.5 Å². The number of hydrogen-bond acceptors (Lipinski definition) is 6. The van der Waals surface area contributed by atoms with Crippen molar-refractivity contribution in [3.05, 3.63) is 0 Å². The first kappa shape index (κ1) is 23.7. The van der Waals surface area contributed by atoms with Gasteiger partial charge < -0.3 is 20.9 Å². The summed E-state index contributed by atoms with van der Waals surface area (Å²) in [5, 5.41) is 0.571. The van der Waals surface area contributed by atoms with Crippen molar-refractivity contribution in [3.8, 4) is 0 Å². The van der Waals surface area contributed by atoms with E-state index in [0.717, 1.165) is 0 Å². The third-order valence-electron chi connectivity index (χ3n) is 1.70. The Balaban J connectivity index is 0. The van der Waals surface area contributed by atoms with E-state index in [1.165, 1.54) is 0 Å². The highest BCUT2D eigenvalue weighted by atomic mass is 35.5. The maximum atomic E-state index is 12.0. The van der Waals surface area contributed by atoms with Gasteiger partial charge in [0.2, 0.25) is 5.96 Å². The smallest absolute Gasteiger partial charge is 0.442 e. The fourth-order valence-corrected chi connectivity index (χ4v) is 1.08. The van der Waals surface area contributed by atoms with Crippen LogP contribution < -0.4 is 11.5 Å². The molecule has 0 aromatic rings. The normalized spacial score (nSPS) is 12.2. The largest absolute Gasteiger partial charge is 0.442 e. The predicted octanol–water partition coefficient (Wildman–Crippen LogP) is 1.79. The van der Waals surface area contributed by atoms with Crippen LogP contribution in [0.5, 0.6) is 0 Å². The first-order valence-corrected chi connectivity index (χ1v) is 6.79. The lowest BCUT2D eigenvalue weighted by atomic mass is 10.2. The number of rotatable bonds is 3. The van der Waals surface area contributed by atoms with Crippen molar-refractivity contribution in [1.29, 1.82) is 0 Å². The van der Waals surface area contributed by atoms with Gasteiger partial charge in [0.05, 0.1) is 6.61 Å². The fraction of sp³-hybridized carbons (Fsp3) is 0.769. The molecule has 0 spiro atoms. The zero-order valence-corrected chi connectivity index (χ0v) is 15.2. The molecule has 0 aromatic carbocycles. The molecule has 23 heavy (non-hydrogen) atoms. The highest BCUT2D eigenvalue weighted by Crippen LogP contribution is 2.11. The van der Waals surface area contributed by atoms with Crippen LogP contribution in [0.15, 0.2) is 4.99 Å². The Labute approximate surface area is 142 Å². The number of nitrogens with two attached hydrogens (primary N) is 2. The molecule has 0 radical (unpaired) electrons. The second-order valence-electron chi connectivity index (χ2n) is 6.35. The predicted molar refractivity (Wildman–Crippen MR) is 88.2 cm³/mol. The molecule has 0 saturated carbocycles. The summed E-state index contributed by atoms with van der Waals surface area (Å²) in [4.78, 5) is 32.1. The van der Waals surface area contributed by atoms with Crippen molar-refractivity contribution in [2.24, 2.45) is 16.5 Å². The number of hydrogen-bond donors (Lipinski definition) is 2. The van der Waals surface area contributed by atoms with Crippen LogP contribution in [-0.4, -0.2) is 47.6 Å². The number of nitrogens with zero attached hydrogens (tertiary/aromatic N) is 2. The first-order chi connectivity index (χ1) is 9.85. The van der Waals surface area contributed by atoms with Crippen LogP contribution in [0, 0.1) is 0 Å². The summed E-state index contributed by atoms with van der Waals surface area (Å²) in [7, 11) is 0. The average molecular weight is 355 g/mol. The minimum atomic E-state index is -0.949. The van der Waals surface area contributed by atoms with Gasteiger partial charge in [-0.1, -0.05) is 0 Å². The van der Waals surface area contributed by atoms with Gasteiger partial charge >= 0.3 is 12.2 Å². The highest BCUT2D eigenvalue weighted by molar-refractivity contribution is 5.97. The van der Waals surface area contributed by atoms with Crippen LogP contribution in [0.4, 0.5) is 9.59 Å². The minimum absolute atomic E-state index is 0. The van der Waals surface area contributed by atoms with E-state index in [1.54, 1.807) is 41.5 Å². The first-order valence-electron chi connectivity index (χ1n) is 6.79. The van der Waals surface area contributed by atoms with Gasteiger partial charge in [-0.3, -0.25) is 4.84 Å². The van der Waals surface area contributed by atoms with Crippen molar-refractivity contribution in [2.45, 2.75) is 52.7 Å². The van der Waals surface area contributed by atoms with Gasteiger partial charge in [-0.05, 0) is 41.5 Å². The van der Waals surface area contributed by atoms with E-state index in [9.17, 15) is 9.59 Å². The molecule has 0 unspecified atom stereocenters. The van der Waals surface area contributed by atoms with Crippen LogP contribution in [0.2, 0.25) is 0 Å². The van der Waals surface area contributed by atoms with E-state index >= 15 is 0 Å². The third-order valence-corrected chi connectivity index (χ3v) is 1.70. The van der Waals surface area contributed by atoms with Gasteiger partial charge in [-0.15, -0.1) is 22.5 Å². The Bertz CT molecular complexity index is 429. The van der Waals surface area contributed by atoms with E-state index in [0.29, 0.717) is 5.06 Å². The van der Waals surface area contributed by atoms with E-state index in [2.05, 4.69) is 4.99 Å². The lowest BCUT2D eigenvalue weighted by Gasteiger charge is -2.25. The summed E-state index contributed by atoms with van der Waals surface area (Å²) in [6.45, 7) is 10.2. The maximum absolute atomic E-state index is 12.0. The van der Waals surface area contributed by atoms with Gasteiger partial charge in [0, 0.05) is 6.54 Å². The SMILES string of the molecule is CC(C)(C)OC(=O)/N=C(\N)N(OCCN)C(=O)OC(C)(C)C.Cl. The second-order valence-corrected chi connectivity index (χ2v) is 6.35. The topological polar surface area (TPSA) is 129 Å². The summed E-state index contributed by atoms with van der Waals surface area (Å²) in [6, 6.07) is 0. The van der Waals surface area contributed by atoms with Gasteiger partial charge in [0.25, 0.3) is 0 Å². The van der Waals surface area contributed by atoms with Crippen molar-refractivity contribution in [2.75, 3.05) is 13.2 Å². The Morgan fingerprint density at radius 3 is 1.91 bits per heavy atom. The second kappa shape index (κ2) is 9.53. The highest BCUT2D eigenvalue weighted by Gasteiger charge is 2.27. The van der Waals surface area contributed by atoms with Crippen LogP contribution in [0.3, 0.4) is 0 Å². The van der Waals surface area contributed by atoms with Crippen molar-refractivity contribution < 1.29 is 23.9 Å². The molecule has 0 atom stereocenters. The zero-order chi connectivity index (χ0) is 17.6. The quantitative estimate of drug-likeness (QED) is 0.448. The molecule has 0 aliphatic carbocycles. The molecule has 0 bridgehead atoms. The Hall–Kier alpha value is -1.58. The fourth-order valence-electron chi connectivity index (χ4n) is 1.08. The molecule has 0 rings (SSSR count). The van der Waals surface area contributed by atoms with Gasteiger partial charge in [0.15, 0.2) is 0 Å². The Morgan fingerprint density at radius 1 is 1.04 bits per heavy atom. The standard InChI is InChI=1S/C13H26N4O5.ClH/c1-12(2,3)21-10(18)16-9(15)17(20-8-7-14)11(19)22-13(4,5)6;/h7-8,14H2,1-6H3,(H2,15,16,18);1H. The minimum Gasteiger partial charge on any atom is -0.442 e. The number of guanidine groups is 1. The van der Waals surface area contributed by atoms with E-state index in [1.807, 2.05) is 0 Å². The Kier molecular flexibility index (Phi) is 9.82. The van der Waals surface area contributed by atoms with Crippen LogP contribution in [-0.2, 0) is 14.3 Å². The van der Waals surface area contributed by atoms with Crippen LogP contribution in [0.25, 0.3) is 0 Å². The molecule has 0 saturated heterocycles. The van der Waals surface area contributed by atoms with E-state index in [-0.39, 0.29) is 25.6 Å².